The van der Waals surface area contributed by atoms with Gasteiger partial charge in [-0.15, -0.1) is 0 Å². The average Bonchev–Trinajstić information content (AvgIpc) is 2.50. The summed E-state index contributed by atoms with van der Waals surface area (Å²) < 4.78 is 11.0. The van der Waals surface area contributed by atoms with Crippen molar-refractivity contribution >= 4 is 18.5 Å². The number of hydrogen-bond acceptors (Lipinski definition) is 2. The Hall–Kier alpha value is -1.21. The number of rotatable bonds is 7. The molecule has 106 valence electrons. The van der Waals surface area contributed by atoms with Crippen LogP contribution in [0.5, 0.6) is 0 Å². The maximum absolute atomic E-state index is 5.96. The van der Waals surface area contributed by atoms with Crippen molar-refractivity contribution in [3.05, 3.63) is 60.7 Å². The summed E-state index contributed by atoms with van der Waals surface area (Å²) in [5.41, 5.74) is 0. The summed E-state index contributed by atoms with van der Waals surface area (Å²) in [6, 6.07) is 21.2. The maximum atomic E-state index is 5.96. The minimum Gasteiger partial charge on any atom is -0.382 e. The van der Waals surface area contributed by atoms with E-state index in [1.165, 1.54) is 10.6 Å². The van der Waals surface area contributed by atoms with Gasteiger partial charge in [-0.25, -0.2) is 0 Å². The molecule has 2 nitrogen and oxygen atoms in total. The first-order chi connectivity index (χ1) is 9.83. The van der Waals surface area contributed by atoms with Gasteiger partial charge in [-0.3, -0.25) is 0 Å². The highest BCUT2D eigenvalue weighted by Crippen LogP contribution is 2.39. The molecule has 1 unspecified atom stereocenters. The molecule has 3 heteroatoms. The summed E-state index contributed by atoms with van der Waals surface area (Å²) in [4.78, 5) is 0. The summed E-state index contributed by atoms with van der Waals surface area (Å²) >= 11 is 0. The van der Waals surface area contributed by atoms with Crippen LogP contribution in [0, 0.1) is 0 Å². The van der Waals surface area contributed by atoms with Gasteiger partial charge in [0.1, 0.15) is 0 Å². The van der Waals surface area contributed by atoms with E-state index in [-0.39, 0.29) is 5.85 Å². The molecule has 2 aromatic rings. The summed E-state index contributed by atoms with van der Waals surface area (Å²) in [7, 11) is 1.19. The Morgan fingerprint density at radius 1 is 0.850 bits per heavy atom. The minimum absolute atomic E-state index is 0.171. The summed E-state index contributed by atoms with van der Waals surface area (Å²) in [6.45, 7) is 3.43. The molecule has 0 amide bonds. The van der Waals surface area contributed by atoms with Gasteiger partial charge in [-0.1, -0.05) is 60.7 Å². The van der Waals surface area contributed by atoms with Crippen LogP contribution < -0.4 is 10.6 Å². The predicted molar refractivity (Wildman–Crippen MR) is 86.4 cm³/mol. The van der Waals surface area contributed by atoms with Crippen molar-refractivity contribution in [3.8, 4) is 0 Å². The lowest BCUT2D eigenvalue weighted by Gasteiger charge is -2.25. The second kappa shape index (κ2) is 8.16. The molecule has 0 aliphatic rings. The van der Waals surface area contributed by atoms with Crippen LogP contribution in [0.4, 0.5) is 0 Å². The molecule has 1 atom stereocenters. The fourth-order valence-corrected chi connectivity index (χ4v) is 4.50. The average molecular weight is 288 g/mol. The SMILES string of the molecule is COCCOC(C)P(c1ccccc1)c1ccccc1. The molecule has 20 heavy (non-hydrogen) atoms. The number of benzene rings is 2. The van der Waals surface area contributed by atoms with Gasteiger partial charge in [0.05, 0.1) is 19.1 Å². The maximum Gasteiger partial charge on any atom is 0.0821 e. The molecule has 0 N–H and O–H groups in total. The Kier molecular flexibility index (Phi) is 6.20. The Balaban J connectivity index is 2.21. The monoisotopic (exact) mass is 288 g/mol. The zero-order chi connectivity index (χ0) is 14.2. The summed E-state index contributed by atoms with van der Waals surface area (Å²) in [5, 5.41) is 2.69. The molecule has 0 aliphatic heterocycles. The zero-order valence-corrected chi connectivity index (χ0v) is 12.9. The third-order valence-electron chi connectivity index (χ3n) is 3.08. The zero-order valence-electron chi connectivity index (χ0n) is 12.0. The lowest BCUT2D eigenvalue weighted by Crippen LogP contribution is -2.23. The number of methoxy groups -OCH3 is 1. The van der Waals surface area contributed by atoms with E-state index in [9.17, 15) is 0 Å². The van der Waals surface area contributed by atoms with Crippen molar-refractivity contribution in [2.45, 2.75) is 12.8 Å². The molecule has 0 aliphatic carbocycles. The van der Waals surface area contributed by atoms with Crippen LogP contribution in [-0.2, 0) is 9.47 Å². The Bertz CT molecular complexity index is 447. The first kappa shape index (κ1) is 15.2. The molecule has 0 fully saturated rings. The number of hydrogen-bond donors (Lipinski definition) is 0. The molecule has 0 radical (unpaired) electrons. The van der Waals surface area contributed by atoms with E-state index in [4.69, 9.17) is 9.47 Å². The van der Waals surface area contributed by atoms with Gasteiger partial charge in [-0.2, -0.15) is 0 Å². The van der Waals surface area contributed by atoms with Gasteiger partial charge in [0.2, 0.25) is 0 Å². The van der Waals surface area contributed by atoms with Crippen LogP contribution in [0.2, 0.25) is 0 Å². The highest BCUT2D eigenvalue weighted by atomic mass is 31.1. The van der Waals surface area contributed by atoms with Crippen LogP contribution in [0.15, 0.2) is 60.7 Å². The van der Waals surface area contributed by atoms with Crippen molar-refractivity contribution in [2.75, 3.05) is 20.3 Å². The Labute approximate surface area is 122 Å². The fourth-order valence-electron chi connectivity index (χ4n) is 2.12. The molecule has 0 bridgehead atoms. The van der Waals surface area contributed by atoms with Crippen LogP contribution in [0.25, 0.3) is 0 Å². The van der Waals surface area contributed by atoms with Gasteiger partial charge in [0.25, 0.3) is 0 Å². The van der Waals surface area contributed by atoms with E-state index in [0.29, 0.717) is 13.2 Å². The quantitative estimate of drug-likeness (QED) is 0.575. The summed E-state index contributed by atoms with van der Waals surface area (Å²) in [5.74, 6) is 0.171. The first-order valence-corrected chi connectivity index (χ1v) is 8.24. The van der Waals surface area contributed by atoms with Crippen molar-refractivity contribution in [2.24, 2.45) is 0 Å². The van der Waals surface area contributed by atoms with E-state index in [0.717, 1.165) is 0 Å². The van der Waals surface area contributed by atoms with Crippen molar-refractivity contribution < 1.29 is 9.47 Å². The minimum atomic E-state index is -0.506. The van der Waals surface area contributed by atoms with Crippen LogP contribution >= 0.6 is 7.92 Å². The predicted octanol–water partition coefficient (Wildman–Crippen LogP) is 3.13. The lowest BCUT2D eigenvalue weighted by atomic mass is 10.4. The molecule has 0 saturated carbocycles. The molecular weight excluding hydrogens is 267 g/mol. The Morgan fingerprint density at radius 2 is 1.35 bits per heavy atom. The van der Waals surface area contributed by atoms with E-state index in [2.05, 4.69) is 67.6 Å². The topological polar surface area (TPSA) is 18.5 Å². The molecule has 0 heterocycles. The molecular formula is C17H21O2P. The molecule has 0 aromatic heterocycles. The van der Waals surface area contributed by atoms with E-state index < -0.39 is 7.92 Å². The van der Waals surface area contributed by atoms with Crippen molar-refractivity contribution in [1.82, 2.24) is 0 Å². The van der Waals surface area contributed by atoms with E-state index in [1.54, 1.807) is 7.11 Å². The van der Waals surface area contributed by atoms with Gasteiger partial charge < -0.3 is 9.47 Å². The largest absolute Gasteiger partial charge is 0.382 e. The van der Waals surface area contributed by atoms with Crippen molar-refractivity contribution in [1.29, 1.82) is 0 Å². The van der Waals surface area contributed by atoms with Crippen LogP contribution in [-0.4, -0.2) is 26.2 Å². The van der Waals surface area contributed by atoms with Crippen molar-refractivity contribution in [3.63, 3.8) is 0 Å². The van der Waals surface area contributed by atoms with E-state index in [1.807, 2.05) is 0 Å². The second-order valence-corrected chi connectivity index (χ2v) is 7.00. The highest BCUT2D eigenvalue weighted by molar-refractivity contribution is 7.73. The molecule has 0 spiro atoms. The number of ether oxygens (including phenoxy) is 2. The fraction of sp³-hybridized carbons (Fsp3) is 0.294. The Morgan fingerprint density at radius 3 is 1.80 bits per heavy atom. The molecule has 2 aromatic carbocycles. The smallest absolute Gasteiger partial charge is 0.0821 e. The van der Waals surface area contributed by atoms with Gasteiger partial charge in [0.15, 0.2) is 0 Å². The van der Waals surface area contributed by atoms with Gasteiger partial charge in [0, 0.05) is 7.11 Å². The first-order valence-electron chi connectivity index (χ1n) is 6.83. The van der Waals surface area contributed by atoms with Gasteiger partial charge in [-0.05, 0) is 25.5 Å². The van der Waals surface area contributed by atoms with E-state index >= 15 is 0 Å². The van der Waals surface area contributed by atoms with Crippen LogP contribution in [0.3, 0.4) is 0 Å². The standard InChI is InChI=1S/C17H21O2P/c1-15(19-14-13-18-2)20(16-9-5-3-6-10-16)17-11-7-4-8-12-17/h3-12,15H,13-14H2,1-2H3. The lowest BCUT2D eigenvalue weighted by molar-refractivity contribution is 0.0623. The molecule has 2 rings (SSSR count). The second-order valence-electron chi connectivity index (χ2n) is 4.50. The van der Waals surface area contributed by atoms with Crippen LogP contribution in [0.1, 0.15) is 6.92 Å². The third-order valence-corrected chi connectivity index (χ3v) is 5.66. The van der Waals surface area contributed by atoms with Gasteiger partial charge >= 0.3 is 0 Å². The summed E-state index contributed by atoms with van der Waals surface area (Å²) in [6.07, 6.45) is 0. The normalized spacial score (nSPS) is 12.6. The third kappa shape index (κ3) is 4.14. The highest BCUT2D eigenvalue weighted by Gasteiger charge is 2.21. The molecule has 0 saturated heterocycles.